The lowest BCUT2D eigenvalue weighted by Gasteiger charge is -2.36. The largest absolute Gasteiger partial charge is 0.355 e. The number of hydrogen-bond donors (Lipinski definition) is 1. The molecule has 8 heteroatoms. The van der Waals surface area contributed by atoms with Crippen molar-refractivity contribution in [1.29, 1.82) is 0 Å². The fraction of sp³-hybridized carbons (Fsp3) is 0.562. The molecular formula is C16H24ClN3O3S. The Hall–Kier alpha value is -1.15. The van der Waals surface area contributed by atoms with E-state index in [9.17, 15) is 13.2 Å². The average Bonchev–Trinajstić information content (AvgIpc) is 2.59. The molecule has 1 N–H and O–H groups in total. The van der Waals surface area contributed by atoms with E-state index < -0.39 is 10.0 Å². The minimum Gasteiger partial charge on any atom is -0.355 e. The molecular weight excluding hydrogens is 350 g/mol. The van der Waals surface area contributed by atoms with Crippen LogP contribution >= 0.6 is 11.6 Å². The van der Waals surface area contributed by atoms with Gasteiger partial charge in [0, 0.05) is 37.7 Å². The molecule has 1 aromatic rings. The van der Waals surface area contributed by atoms with E-state index >= 15 is 0 Å². The van der Waals surface area contributed by atoms with Gasteiger partial charge in [0.05, 0.1) is 10.9 Å². The van der Waals surface area contributed by atoms with Crippen LogP contribution in [0.25, 0.3) is 0 Å². The maximum atomic E-state index is 12.7. The van der Waals surface area contributed by atoms with Crippen LogP contribution in [0.15, 0.2) is 29.2 Å². The fourth-order valence-electron chi connectivity index (χ4n) is 2.67. The molecule has 0 saturated carbocycles. The lowest BCUT2D eigenvalue weighted by molar-refractivity contribution is -0.126. The predicted octanol–water partition coefficient (Wildman–Crippen LogP) is 1.56. The first-order chi connectivity index (χ1) is 11.4. The van der Waals surface area contributed by atoms with E-state index in [1.165, 1.54) is 10.4 Å². The summed E-state index contributed by atoms with van der Waals surface area (Å²) in [6, 6.07) is 6.03. The molecule has 0 spiro atoms. The Morgan fingerprint density at radius 1 is 1.29 bits per heavy atom. The molecule has 0 unspecified atom stereocenters. The van der Waals surface area contributed by atoms with Gasteiger partial charge in [0.15, 0.2) is 0 Å². The Morgan fingerprint density at radius 2 is 1.96 bits per heavy atom. The highest BCUT2D eigenvalue weighted by molar-refractivity contribution is 7.89. The van der Waals surface area contributed by atoms with Crippen LogP contribution in [0.3, 0.4) is 0 Å². The van der Waals surface area contributed by atoms with Crippen LogP contribution in [0, 0.1) is 0 Å². The number of hydrogen-bond acceptors (Lipinski definition) is 4. The summed E-state index contributed by atoms with van der Waals surface area (Å²) in [7, 11) is -3.55. The van der Waals surface area contributed by atoms with Crippen LogP contribution in [0.5, 0.6) is 0 Å². The third-order valence-corrected chi connectivity index (χ3v) is 6.31. The molecule has 0 radical (unpaired) electrons. The van der Waals surface area contributed by atoms with Crippen molar-refractivity contribution < 1.29 is 13.2 Å². The summed E-state index contributed by atoms with van der Waals surface area (Å²) in [5.41, 5.74) is 0. The molecule has 0 aliphatic carbocycles. The highest BCUT2D eigenvalue weighted by Gasteiger charge is 2.31. The first kappa shape index (κ1) is 19.2. The summed E-state index contributed by atoms with van der Waals surface area (Å²) >= 11 is 5.90. The van der Waals surface area contributed by atoms with E-state index in [0.717, 1.165) is 6.42 Å². The van der Waals surface area contributed by atoms with Gasteiger partial charge >= 0.3 is 0 Å². The van der Waals surface area contributed by atoms with Crippen molar-refractivity contribution in [2.24, 2.45) is 0 Å². The molecule has 1 atom stereocenters. The molecule has 24 heavy (non-hydrogen) atoms. The molecule has 1 aromatic carbocycles. The van der Waals surface area contributed by atoms with Crippen molar-refractivity contribution in [2.75, 3.05) is 32.7 Å². The van der Waals surface area contributed by atoms with Gasteiger partial charge in [-0.3, -0.25) is 9.69 Å². The smallest absolute Gasteiger partial charge is 0.243 e. The summed E-state index contributed by atoms with van der Waals surface area (Å²) in [6.45, 7) is 6.30. The van der Waals surface area contributed by atoms with Gasteiger partial charge in [-0.2, -0.15) is 4.31 Å². The van der Waals surface area contributed by atoms with Crippen molar-refractivity contribution in [1.82, 2.24) is 14.5 Å². The van der Waals surface area contributed by atoms with E-state index in [2.05, 4.69) is 5.32 Å². The molecule has 6 nitrogen and oxygen atoms in total. The second kappa shape index (κ2) is 8.29. The first-order valence-electron chi connectivity index (χ1n) is 8.13. The number of nitrogens with one attached hydrogen (secondary N) is 1. The maximum Gasteiger partial charge on any atom is 0.243 e. The second-order valence-electron chi connectivity index (χ2n) is 5.86. The molecule has 1 aliphatic heterocycles. The van der Waals surface area contributed by atoms with E-state index in [-0.39, 0.29) is 16.8 Å². The van der Waals surface area contributed by atoms with Crippen LogP contribution in [0.2, 0.25) is 5.02 Å². The summed E-state index contributed by atoms with van der Waals surface area (Å²) in [5.74, 6) is -0.0111. The van der Waals surface area contributed by atoms with E-state index in [1.807, 2.05) is 18.7 Å². The Kier molecular flexibility index (Phi) is 6.62. The first-order valence-corrected chi connectivity index (χ1v) is 9.95. The van der Waals surface area contributed by atoms with Gasteiger partial charge in [-0.05, 0) is 31.5 Å². The summed E-state index contributed by atoms with van der Waals surface area (Å²) in [6.07, 6.45) is 0.893. The monoisotopic (exact) mass is 373 g/mol. The number of amides is 1. The van der Waals surface area contributed by atoms with Crippen LogP contribution in [-0.4, -0.2) is 62.3 Å². The molecule has 1 aliphatic rings. The molecule has 1 heterocycles. The van der Waals surface area contributed by atoms with Crippen molar-refractivity contribution >= 4 is 27.5 Å². The Bertz CT molecular complexity index is 673. The summed E-state index contributed by atoms with van der Waals surface area (Å²) in [5, 5.41) is 3.27. The standard InChI is InChI=1S/C16H24ClN3O3S/c1-3-7-18-16(21)13(2)19-8-10-20(11-9-19)24(22,23)15-6-4-5-14(17)12-15/h4-6,12-13H,3,7-11H2,1-2H3,(H,18,21)/t13-/m0/s1. The zero-order valence-electron chi connectivity index (χ0n) is 14.0. The molecule has 1 fully saturated rings. The SMILES string of the molecule is CCCNC(=O)[C@H](C)N1CCN(S(=O)(=O)c2cccc(Cl)c2)CC1. The molecule has 0 bridgehead atoms. The van der Waals surface area contributed by atoms with Crippen molar-refractivity contribution in [3.05, 3.63) is 29.3 Å². The Balaban J connectivity index is 1.98. The number of rotatable bonds is 6. The van der Waals surface area contributed by atoms with Crippen molar-refractivity contribution in [2.45, 2.75) is 31.2 Å². The number of carbonyl (C=O) groups excluding carboxylic acids is 1. The minimum absolute atomic E-state index is 0.0111. The maximum absolute atomic E-state index is 12.7. The zero-order valence-corrected chi connectivity index (χ0v) is 15.6. The number of carbonyl (C=O) groups is 1. The molecule has 1 amide bonds. The topological polar surface area (TPSA) is 69.7 Å². The predicted molar refractivity (Wildman–Crippen MR) is 94.5 cm³/mol. The van der Waals surface area contributed by atoms with Gasteiger partial charge in [-0.15, -0.1) is 0 Å². The van der Waals surface area contributed by atoms with Crippen LogP contribution in [0.4, 0.5) is 0 Å². The molecule has 134 valence electrons. The highest BCUT2D eigenvalue weighted by atomic mass is 35.5. The number of halogens is 1. The fourth-order valence-corrected chi connectivity index (χ4v) is 4.39. The van der Waals surface area contributed by atoms with Crippen LogP contribution in [-0.2, 0) is 14.8 Å². The number of piperazine rings is 1. The number of nitrogens with zero attached hydrogens (tertiary/aromatic N) is 2. The van der Waals surface area contributed by atoms with Gasteiger partial charge < -0.3 is 5.32 Å². The third-order valence-electron chi connectivity index (χ3n) is 4.18. The number of sulfonamides is 1. The highest BCUT2D eigenvalue weighted by Crippen LogP contribution is 2.21. The van der Waals surface area contributed by atoms with Gasteiger partial charge in [0.25, 0.3) is 0 Å². The van der Waals surface area contributed by atoms with Crippen LogP contribution < -0.4 is 5.32 Å². The Morgan fingerprint density at radius 3 is 2.54 bits per heavy atom. The lowest BCUT2D eigenvalue weighted by Crippen LogP contribution is -2.54. The van der Waals surface area contributed by atoms with Gasteiger partial charge in [-0.25, -0.2) is 8.42 Å². The summed E-state index contributed by atoms with van der Waals surface area (Å²) < 4.78 is 26.8. The summed E-state index contributed by atoms with van der Waals surface area (Å²) in [4.78, 5) is 14.3. The average molecular weight is 374 g/mol. The van der Waals surface area contributed by atoms with Gasteiger partial charge in [-0.1, -0.05) is 24.6 Å². The third kappa shape index (κ3) is 4.47. The van der Waals surface area contributed by atoms with Crippen molar-refractivity contribution in [3.8, 4) is 0 Å². The van der Waals surface area contributed by atoms with E-state index in [4.69, 9.17) is 11.6 Å². The van der Waals surface area contributed by atoms with E-state index in [1.54, 1.807) is 18.2 Å². The number of benzene rings is 1. The zero-order chi connectivity index (χ0) is 17.7. The van der Waals surface area contributed by atoms with Gasteiger partial charge in [0.2, 0.25) is 15.9 Å². The van der Waals surface area contributed by atoms with Gasteiger partial charge in [0.1, 0.15) is 0 Å². The van der Waals surface area contributed by atoms with E-state index in [0.29, 0.717) is 37.7 Å². The quantitative estimate of drug-likeness (QED) is 0.821. The lowest BCUT2D eigenvalue weighted by atomic mass is 10.2. The normalized spacial score (nSPS) is 18.3. The minimum atomic E-state index is -3.55. The second-order valence-corrected chi connectivity index (χ2v) is 8.24. The van der Waals surface area contributed by atoms with Crippen molar-refractivity contribution in [3.63, 3.8) is 0 Å². The molecule has 0 aromatic heterocycles. The van der Waals surface area contributed by atoms with Crippen LogP contribution in [0.1, 0.15) is 20.3 Å². The molecule has 2 rings (SSSR count). The Labute approximate surface area is 148 Å². The molecule has 1 saturated heterocycles.